The van der Waals surface area contributed by atoms with Gasteiger partial charge in [-0.25, -0.2) is 13.2 Å². The van der Waals surface area contributed by atoms with E-state index in [1.807, 2.05) is 32.2 Å². The summed E-state index contributed by atoms with van der Waals surface area (Å²) in [6, 6.07) is 8.83. The molecule has 1 amide bonds. The summed E-state index contributed by atoms with van der Waals surface area (Å²) in [5.74, 6) is -0.416. The summed E-state index contributed by atoms with van der Waals surface area (Å²) in [5, 5.41) is 2.82. The zero-order chi connectivity index (χ0) is 22.8. The Hall–Kier alpha value is -2.56. The van der Waals surface area contributed by atoms with Crippen LogP contribution < -0.4 is 15.8 Å². The van der Waals surface area contributed by atoms with E-state index in [1.54, 1.807) is 6.07 Å². The molecule has 1 atom stereocenters. The number of amides is 1. The van der Waals surface area contributed by atoms with Crippen molar-refractivity contribution >= 4 is 44.5 Å². The highest BCUT2D eigenvalue weighted by atomic mass is 32.2. The maximum absolute atomic E-state index is 13.0. The molecular formula is C21H25N3O5S2. The summed E-state index contributed by atoms with van der Waals surface area (Å²) < 4.78 is 34.8. The second-order valence-electron chi connectivity index (χ2n) is 7.32. The summed E-state index contributed by atoms with van der Waals surface area (Å²) in [6.45, 7) is 3.84. The van der Waals surface area contributed by atoms with Crippen LogP contribution in [0.1, 0.15) is 17.5 Å². The van der Waals surface area contributed by atoms with Gasteiger partial charge < -0.3 is 9.73 Å². The van der Waals surface area contributed by atoms with Gasteiger partial charge in [0, 0.05) is 18.8 Å². The Morgan fingerprint density at radius 1 is 1.19 bits per heavy atom. The first-order chi connectivity index (χ1) is 14.6. The predicted octanol–water partition coefficient (Wildman–Crippen LogP) is 2.79. The van der Waals surface area contributed by atoms with Gasteiger partial charge in [-0.15, -0.1) is 0 Å². The van der Waals surface area contributed by atoms with Crippen LogP contribution in [0.5, 0.6) is 0 Å². The third-order valence-corrected chi connectivity index (χ3v) is 7.05. The van der Waals surface area contributed by atoms with Crippen LogP contribution in [0.15, 0.2) is 50.5 Å². The Bertz CT molecular complexity index is 1280. The first kappa shape index (κ1) is 23.1. The molecule has 0 unspecified atom stereocenters. The molecule has 0 aliphatic heterocycles. The van der Waals surface area contributed by atoms with Crippen molar-refractivity contribution < 1.29 is 17.6 Å². The van der Waals surface area contributed by atoms with Gasteiger partial charge in [0.2, 0.25) is 15.9 Å². The lowest BCUT2D eigenvalue weighted by atomic mass is 10.1. The van der Waals surface area contributed by atoms with Gasteiger partial charge in [0.25, 0.3) is 0 Å². The number of thioether (sulfide) groups is 1. The lowest BCUT2D eigenvalue weighted by Gasteiger charge is -2.19. The standard InChI is InChI=1S/C21H25N3O5S2/c1-13-5-7-16(14(2)11-13)22-20(25)17(9-10-30-4)23-31(27,28)15-6-8-18-19(12-15)29-21(26)24(18)3/h5-8,11-12,17,23H,9-10H2,1-4H3,(H,22,25)/t17-/m1/s1. The van der Waals surface area contributed by atoms with Gasteiger partial charge in [0.05, 0.1) is 10.4 Å². The van der Waals surface area contributed by atoms with Gasteiger partial charge >= 0.3 is 5.76 Å². The average Bonchev–Trinajstić information content (AvgIpc) is 3.00. The Labute approximate surface area is 185 Å². The summed E-state index contributed by atoms with van der Waals surface area (Å²) >= 11 is 1.52. The molecule has 2 N–H and O–H groups in total. The largest absolute Gasteiger partial charge is 0.419 e. The number of sulfonamides is 1. The number of oxazole rings is 1. The zero-order valence-corrected chi connectivity index (χ0v) is 19.4. The van der Waals surface area contributed by atoms with Crippen molar-refractivity contribution in [3.63, 3.8) is 0 Å². The number of fused-ring (bicyclic) bond motifs is 1. The van der Waals surface area contributed by atoms with Gasteiger partial charge in [-0.05, 0) is 56.0 Å². The van der Waals surface area contributed by atoms with Crippen molar-refractivity contribution in [2.75, 3.05) is 17.3 Å². The van der Waals surface area contributed by atoms with Crippen LogP contribution in [0, 0.1) is 13.8 Å². The van der Waals surface area contributed by atoms with E-state index < -0.39 is 27.7 Å². The van der Waals surface area contributed by atoms with Crippen molar-refractivity contribution in [1.29, 1.82) is 0 Å². The Morgan fingerprint density at radius 3 is 2.61 bits per heavy atom. The van der Waals surface area contributed by atoms with Crippen LogP contribution in [-0.4, -0.2) is 36.9 Å². The molecule has 0 saturated carbocycles. The number of anilines is 1. The molecule has 1 heterocycles. The minimum absolute atomic E-state index is 0.0807. The number of hydrogen-bond donors (Lipinski definition) is 2. The highest BCUT2D eigenvalue weighted by Gasteiger charge is 2.26. The smallest absolute Gasteiger partial charge is 0.408 e. The molecule has 0 fully saturated rings. The van der Waals surface area contributed by atoms with E-state index in [9.17, 15) is 18.0 Å². The predicted molar refractivity (Wildman–Crippen MR) is 123 cm³/mol. The lowest BCUT2D eigenvalue weighted by Crippen LogP contribution is -2.44. The fraction of sp³-hybridized carbons (Fsp3) is 0.333. The number of benzene rings is 2. The number of aryl methyl sites for hydroxylation is 3. The van der Waals surface area contributed by atoms with Crippen LogP contribution in [0.4, 0.5) is 5.69 Å². The summed E-state index contributed by atoms with van der Waals surface area (Å²) in [5.41, 5.74) is 3.24. The van der Waals surface area contributed by atoms with E-state index in [2.05, 4.69) is 10.0 Å². The van der Waals surface area contributed by atoms with E-state index in [0.29, 0.717) is 23.4 Å². The molecular weight excluding hydrogens is 438 g/mol. The molecule has 0 aliphatic rings. The fourth-order valence-corrected chi connectivity index (χ4v) is 4.91. The number of rotatable bonds is 8. The van der Waals surface area contributed by atoms with E-state index in [0.717, 1.165) is 11.1 Å². The third kappa shape index (κ3) is 5.20. The van der Waals surface area contributed by atoms with E-state index in [4.69, 9.17) is 4.42 Å². The van der Waals surface area contributed by atoms with Gasteiger partial charge in [0.1, 0.15) is 6.04 Å². The van der Waals surface area contributed by atoms with Gasteiger partial charge in [-0.2, -0.15) is 16.5 Å². The number of aromatic nitrogens is 1. The monoisotopic (exact) mass is 463 g/mol. The fourth-order valence-electron chi connectivity index (χ4n) is 3.19. The van der Waals surface area contributed by atoms with Crippen molar-refractivity contribution in [3.05, 3.63) is 58.1 Å². The van der Waals surface area contributed by atoms with E-state index >= 15 is 0 Å². The Kier molecular flexibility index (Phi) is 6.93. The lowest BCUT2D eigenvalue weighted by molar-refractivity contribution is -0.117. The quantitative estimate of drug-likeness (QED) is 0.532. The van der Waals surface area contributed by atoms with Crippen molar-refractivity contribution in [1.82, 2.24) is 9.29 Å². The molecule has 2 aromatic carbocycles. The third-order valence-electron chi connectivity index (χ3n) is 4.94. The van der Waals surface area contributed by atoms with E-state index in [1.165, 1.54) is 41.6 Å². The summed E-state index contributed by atoms with van der Waals surface area (Å²) in [7, 11) is -2.49. The second kappa shape index (κ2) is 9.29. The molecule has 166 valence electrons. The number of carbonyl (C=O) groups is 1. The van der Waals surface area contributed by atoms with Crippen LogP contribution in [-0.2, 0) is 21.9 Å². The molecule has 10 heteroatoms. The number of nitrogens with zero attached hydrogens (tertiary/aromatic N) is 1. The van der Waals surface area contributed by atoms with Crippen molar-refractivity contribution in [2.45, 2.75) is 31.2 Å². The minimum atomic E-state index is -4.03. The highest BCUT2D eigenvalue weighted by Crippen LogP contribution is 2.20. The zero-order valence-electron chi connectivity index (χ0n) is 17.8. The highest BCUT2D eigenvalue weighted by molar-refractivity contribution is 7.98. The molecule has 0 spiro atoms. The van der Waals surface area contributed by atoms with Gasteiger partial charge in [0.15, 0.2) is 5.58 Å². The number of hydrogen-bond acceptors (Lipinski definition) is 6. The van der Waals surface area contributed by atoms with Crippen LogP contribution in [0.3, 0.4) is 0 Å². The Morgan fingerprint density at radius 2 is 1.94 bits per heavy atom. The Balaban J connectivity index is 1.86. The molecule has 1 aromatic heterocycles. The van der Waals surface area contributed by atoms with E-state index in [-0.39, 0.29) is 10.5 Å². The first-order valence-corrected chi connectivity index (χ1v) is 12.5. The molecule has 31 heavy (non-hydrogen) atoms. The molecule has 3 rings (SSSR count). The van der Waals surface area contributed by atoms with Gasteiger partial charge in [-0.3, -0.25) is 9.36 Å². The average molecular weight is 464 g/mol. The number of carbonyl (C=O) groups excluding carboxylic acids is 1. The molecule has 0 radical (unpaired) electrons. The maximum atomic E-state index is 13.0. The summed E-state index contributed by atoms with van der Waals surface area (Å²) in [6.07, 6.45) is 2.21. The second-order valence-corrected chi connectivity index (χ2v) is 10.0. The molecule has 0 saturated heterocycles. The van der Waals surface area contributed by atoms with Crippen LogP contribution in [0.2, 0.25) is 0 Å². The molecule has 3 aromatic rings. The number of nitrogens with one attached hydrogen (secondary N) is 2. The molecule has 8 nitrogen and oxygen atoms in total. The molecule has 0 aliphatic carbocycles. The SMILES string of the molecule is CSCC[C@@H](NS(=O)(=O)c1ccc2c(c1)oc(=O)n2C)C(=O)Nc1ccc(C)cc1C. The first-order valence-electron chi connectivity index (χ1n) is 9.61. The van der Waals surface area contributed by atoms with Crippen LogP contribution >= 0.6 is 11.8 Å². The summed E-state index contributed by atoms with van der Waals surface area (Å²) in [4.78, 5) is 24.5. The minimum Gasteiger partial charge on any atom is -0.408 e. The van der Waals surface area contributed by atoms with Gasteiger partial charge in [-0.1, -0.05) is 17.7 Å². The molecule has 0 bridgehead atoms. The normalized spacial score (nSPS) is 12.8. The van der Waals surface area contributed by atoms with Crippen molar-refractivity contribution in [2.24, 2.45) is 7.05 Å². The van der Waals surface area contributed by atoms with Crippen molar-refractivity contribution in [3.8, 4) is 0 Å². The maximum Gasteiger partial charge on any atom is 0.419 e. The topological polar surface area (TPSA) is 110 Å². The van der Waals surface area contributed by atoms with Crippen LogP contribution in [0.25, 0.3) is 11.1 Å².